The van der Waals surface area contributed by atoms with Gasteiger partial charge in [-0.1, -0.05) is 158 Å². The summed E-state index contributed by atoms with van der Waals surface area (Å²) in [5, 5.41) is 2.37. The summed E-state index contributed by atoms with van der Waals surface area (Å²) in [6.07, 6.45) is 1.94. The highest BCUT2D eigenvalue weighted by molar-refractivity contribution is 6.09. The Kier molecular flexibility index (Phi) is 10.3. The number of benzene rings is 6. The highest BCUT2D eigenvalue weighted by Crippen LogP contribution is 2.68. The second-order valence-electron chi connectivity index (χ2n) is 25.0. The Balaban J connectivity index is 1.15. The Morgan fingerprint density at radius 2 is 1.04 bits per heavy atom. The molecule has 1 saturated heterocycles. The van der Waals surface area contributed by atoms with Gasteiger partial charge in [-0.2, -0.15) is 0 Å². The van der Waals surface area contributed by atoms with Crippen LogP contribution in [0, 0.1) is 6.67 Å². The molecule has 3 aliphatic heterocycles. The molecule has 8 aromatic rings. The standard InChI is InChI=1S/C63H71N4O/c1-59(2,3)42-21-18-20-41(30-42)51-23-19-25-56-58(51)67(47-32-44(61(7,8)9)31-45(33-47)62(10,11)12)39-66(56,40-67)48-34-46(63(13,14)15)35-50(37-48)68-49-26-27-53-52-22-16-17-24-54(52)65(55(53)38-49)57-36-43(28-29-64-57)60(4,5)6/h16-39H,40H2,1-15H3/q+1/t66-,67+/m1/s1. The minimum atomic E-state index is -0.135. The predicted octanol–water partition coefficient (Wildman–Crippen LogP) is 17.5. The molecule has 0 unspecified atom stereocenters. The van der Waals surface area contributed by atoms with Crippen LogP contribution in [0.4, 0.5) is 22.7 Å². The predicted molar refractivity (Wildman–Crippen MR) is 289 cm³/mol. The Bertz CT molecular complexity index is 3260. The summed E-state index contributed by atoms with van der Waals surface area (Å²) < 4.78 is 10.7. The van der Waals surface area contributed by atoms with Crippen molar-refractivity contribution >= 4 is 44.6 Å². The minimum Gasteiger partial charge on any atom is -0.457 e. The van der Waals surface area contributed by atoms with Crippen molar-refractivity contribution in [1.29, 1.82) is 0 Å². The molecule has 348 valence electrons. The lowest BCUT2D eigenvalue weighted by molar-refractivity contribution is 0.186. The lowest BCUT2D eigenvalue weighted by atomic mass is 9.80. The first kappa shape index (κ1) is 45.8. The fourth-order valence-corrected chi connectivity index (χ4v) is 10.6. The first-order valence-corrected chi connectivity index (χ1v) is 24.6. The average molecular weight is 900 g/mol. The van der Waals surface area contributed by atoms with E-state index in [2.05, 4.69) is 249 Å². The zero-order valence-electron chi connectivity index (χ0n) is 43.3. The van der Waals surface area contributed by atoms with Crippen LogP contribution in [0.5, 0.6) is 11.5 Å². The van der Waals surface area contributed by atoms with Gasteiger partial charge < -0.3 is 4.74 Å². The number of pyridine rings is 1. The van der Waals surface area contributed by atoms with E-state index in [1.807, 2.05) is 6.20 Å². The van der Waals surface area contributed by atoms with E-state index in [9.17, 15) is 0 Å². The maximum atomic E-state index is 7.13. The lowest BCUT2D eigenvalue weighted by Gasteiger charge is -2.56. The summed E-state index contributed by atoms with van der Waals surface area (Å²) in [7, 11) is 0. The average Bonchev–Trinajstić information content (AvgIpc) is 3.86. The number of rotatable bonds is 6. The molecule has 0 amide bonds. The molecule has 2 atom stereocenters. The van der Waals surface area contributed by atoms with Gasteiger partial charge in [-0.15, -0.1) is 0 Å². The normalized spacial score (nSPS) is 18.5. The van der Waals surface area contributed by atoms with Crippen LogP contribution in [0.3, 0.4) is 0 Å². The number of aromatic nitrogens is 2. The van der Waals surface area contributed by atoms with Crippen LogP contribution in [0.2, 0.25) is 0 Å². The van der Waals surface area contributed by atoms with Crippen LogP contribution >= 0.6 is 0 Å². The third-order valence-electron chi connectivity index (χ3n) is 14.8. The topological polar surface area (TPSA) is 27.1 Å². The number of hydrogen-bond donors (Lipinski definition) is 0. The highest BCUT2D eigenvalue weighted by Gasteiger charge is 2.64. The summed E-state index contributed by atoms with van der Waals surface area (Å²) in [4.78, 5) is 4.95. The van der Waals surface area contributed by atoms with E-state index in [-0.39, 0.29) is 27.1 Å². The van der Waals surface area contributed by atoms with Crippen LogP contribution in [-0.2, 0) is 27.1 Å². The zero-order valence-corrected chi connectivity index (χ0v) is 43.3. The van der Waals surface area contributed by atoms with Crippen LogP contribution < -0.4 is 13.7 Å². The number of hydrogen-bond acceptors (Lipinski definition) is 2. The van der Waals surface area contributed by atoms with E-state index in [1.54, 1.807) is 0 Å². The van der Waals surface area contributed by atoms with Crippen molar-refractivity contribution in [2.24, 2.45) is 0 Å². The van der Waals surface area contributed by atoms with Crippen molar-refractivity contribution in [3.63, 3.8) is 0 Å². The van der Waals surface area contributed by atoms with E-state index >= 15 is 0 Å². The molecular weight excluding hydrogens is 829 g/mol. The van der Waals surface area contributed by atoms with Crippen LogP contribution in [-0.4, -0.2) is 16.2 Å². The molecule has 2 bridgehead atoms. The molecule has 5 heterocycles. The Hall–Kier alpha value is -6.01. The van der Waals surface area contributed by atoms with Gasteiger partial charge in [0.25, 0.3) is 0 Å². The van der Waals surface area contributed by atoms with Crippen molar-refractivity contribution in [1.82, 2.24) is 18.5 Å². The van der Waals surface area contributed by atoms with Gasteiger partial charge in [-0.25, -0.2) is 4.98 Å². The molecule has 5 nitrogen and oxygen atoms in total. The largest absolute Gasteiger partial charge is 0.457 e. The molecule has 11 rings (SSSR count). The smallest absolute Gasteiger partial charge is 0.188 e. The molecule has 0 N–H and O–H groups in total. The molecule has 0 aliphatic carbocycles. The second kappa shape index (κ2) is 15.2. The van der Waals surface area contributed by atoms with Crippen LogP contribution in [0.25, 0.3) is 38.8 Å². The molecule has 1 fully saturated rings. The van der Waals surface area contributed by atoms with Gasteiger partial charge in [0, 0.05) is 58.9 Å². The molecular formula is C63H71N4O+. The summed E-state index contributed by atoms with van der Waals surface area (Å²) in [6.45, 7) is 38.1. The Morgan fingerprint density at radius 3 is 1.69 bits per heavy atom. The molecule has 68 heavy (non-hydrogen) atoms. The van der Waals surface area contributed by atoms with Crippen molar-refractivity contribution in [2.45, 2.75) is 131 Å². The third kappa shape index (κ3) is 7.58. The molecule has 3 aliphatic rings. The molecule has 5 heteroatoms. The lowest BCUT2D eigenvalue weighted by Crippen LogP contribution is -2.67. The fraction of sp³-hybridized carbons (Fsp3) is 0.333. The van der Waals surface area contributed by atoms with Gasteiger partial charge in [0.05, 0.1) is 17.7 Å². The monoisotopic (exact) mass is 900 g/mol. The number of nitrogens with zero attached hydrogens (tertiary/aromatic N) is 4. The first-order valence-electron chi connectivity index (χ1n) is 24.6. The summed E-state index contributed by atoms with van der Waals surface area (Å²) in [6, 6.07) is 50.3. The van der Waals surface area contributed by atoms with Crippen molar-refractivity contribution in [3.8, 4) is 28.4 Å². The minimum absolute atomic E-state index is 0.0144. The maximum absolute atomic E-state index is 7.13. The first-order chi connectivity index (χ1) is 31.8. The van der Waals surface area contributed by atoms with E-state index < -0.39 is 0 Å². The zero-order chi connectivity index (χ0) is 48.6. The number of quaternary nitrogens is 2. The summed E-state index contributed by atoms with van der Waals surface area (Å²) >= 11 is 0. The number of para-hydroxylation sites is 2. The number of fused-ring (bicyclic) bond motifs is 3. The molecule has 6 aromatic carbocycles. The van der Waals surface area contributed by atoms with Gasteiger partial charge in [0.15, 0.2) is 18.0 Å². The SMILES string of the molecule is CC(C)(C)c1cccc(-c2cccc3c2[N@@+]2(c4cc(C(C)(C)C)cc(C(C)(C)C)c4)[CH-][N@+]3(c3cc(Oc4ccc5c6ccccc6n(-c6cc(C(C)(C)C)ccn6)c5c4)cc(C(C)(C)C)c3)C2)c1. The Labute approximate surface area is 406 Å². The van der Waals surface area contributed by atoms with Crippen molar-refractivity contribution in [2.75, 3.05) is 6.67 Å². The summed E-state index contributed by atoms with van der Waals surface area (Å²) in [5.74, 6) is 2.53. The molecule has 0 saturated carbocycles. The van der Waals surface area contributed by atoms with Gasteiger partial charge in [-0.05, 0) is 103 Å². The number of ether oxygens (including phenoxy) is 1. The van der Waals surface area contributed by atoms with Gasteiger partial charge in [0.1, 0.15) is 28.7 Å². The fourth-order valence-electron chi connectivity index (χ4n) is 10.6. The van der Waals surface area contributed by atoms with Gasteiger partial charge in [-0.3, -0.25) is 13.5 Å². The van der Waals surface area contributed by atoms with E-state index in [0.717, 1.165) is 35.0 Å². The Morgan fingerprint density at radius 1 is 0.471 bits per heavy atom. The maximum Gasteiger partial charge on any atom is 0.188 e. The molecule has 2 aromatic heterocycles. The highest BCUT2D eigenvalue weighted by atomic mass is 16.5. The second-order valence-corrected chi connectivity index (χ2v) is 25.0. The molecule has 0 radical (unpaired) electrons. The van der Waals surface area contributed by atoms with Crippen LogP contribution in [0.15, 0.2) is 140 Å². The third-order valence-corrected chi connectivity index (χ3v) is 14.8. The van der Waals surface area contributed by atoms with Crippen molar-refractivity contribution < 1.29 is 4.74 Å². The van der Waals surface area contributed by atoms with Crippen molar-refractivity contribution in [3.05, 3.63) is 174 Å². The van der Waals surface area contributed by atoms with E-state index in [4.69, 9.17) is 9.72 Å². The van der Waals surface area contributed by atoms with E-state index in [0.29, 0.717) is 8.97 Å². The molecule has 0 spiro atoms. The summed E-state index contributed by atoms with van der Waals surface area (Å²) in [5.41, 5.74) is 16.3. The van der Waals surface area contributed by atoms with Crippen LogP contribution in [0.1, 0.15) is 132 Å². The van der Waals surface area contributed by atoms with Gasteiger partial charge >= 0.3 is 0 Å². The quantitative estimate of drug-likeness (QED) is 0.123. The van der Waals surface area contributed by atoms with E-state index in [1.165, 1.54) is 72.5 Å². The van der Waals surface area contributed by atoms with Gasteiger partial charge in [0.2, 0.25) is 0 Å².